The van der Waals surface area contributed by atoms with E-state index < -0.39 is 32.5 Å². The lowest BCUT2D eigenvalue weighted by molar-refractivity contribution is -0.870. The van der Waals surface area contributed by atoms with Gasteiger partial charge in [0.1, 0.15) is 19.8 Å². The highest BCUT2D eigenvalue weighted by molar-refractivity contribution is 7.47. The first kappa shape index (κ1) is 50.9. The Kier molecular flexibility index (Phi) is 30.5. The first-order valence-electron chi connectivity index (χ1n) is 21.5. The van der Waals surface area contributed by atoms with Crippen molar-refractivity contribution < 1.29 is 46.8 Å². The van der Waals surface area contributed by atoms with Crippen molar-refractivity contribution >= 4 is 19.8 Å². The molecule has 0 aromatic heterocycles. The highest BCUT2D eigenvalue weighted by Crippen LogP contribution is 2.43. The molecule has 0 aromatic rings. The molecule has 0 spiro atoms. The monoisotopic (exact) mass is 797 g/mol. The minimum absolute atomic E-state index is 0.0162. The number of hydrogen-bond donors (Lipinski definition) is 1. The van der Waals surface area contributed by atoms with E-state index in [1.807, 2.05) is 27.2 Å². The molecule has 1 rings (SSSR count). The fourth-order valence-electron chi connectivity index (χ4n) is 5.69. The number of quaternary nitrogens is 1. The van der Waals surface area contributed by atoms with Crippen molar-refractivity contribution in [2.45, 2.75) is 173 Å². The minimum atomic E-state index is -4.39. The van der Waals surface area contributed by atoms with Crippen LogP contribution < -0.4 is 0 Å². The summed E-state index contributed by atoms with van der Waals surface area (Å²) >= 11 is 0. The Labute approximate surface area is 335 Å². The van der Waals surface area contributed by atoms with Gasteiger partial charge in [0.15, 0.2) is 6.10 Å². The van der Waals surface area contributed by atoms with Crippen molar-refractivity contribution in [3.8, 4) is 0 Å². The number of carbonyl (C=O) groups excluding carboxylic acids is 2. The molecule has 0 bridgehead atoms. The second kappa shape index (κ2) is 33.0. The molecule has 1 aliphatic rings. The van der Waals surface area contributed by atoms with E-state index >= 15 is 0 Å². The quantitative estimate of drug-likeness (QED) is 0.0163. The number of hydrogen-bond acceptors (Lipinski definition) is 8. The van der Waals surface area contributed by atoms with Gasteiger partial charge in [-0.25, -0.2) is 4.57 Å². The van der Waals surface area contributed by atoms with Crippen LogP contribution in [0, 0.1) is 0 Å². The van der Waals surface area contributed by atoms with Crippen LogP contribution in [0.2, 0.25) is 0 Å². The average Bonchev–Trinajstić information content (AvgIpc) is 3.89. The Morgan fingerprint density at radius 3 is 1.84 bits per heavy atom. The third-order valence-electron chi connectivity index (χ3n) is 9.23. The molecule has 10 nitrogen and oxygen atoms in total. The van der Waals surface area contributed by atoms with Crippen molar-refractivity contribution in [2.24, 2.45) is 0 Å². The van der Waals surface area contributed by atoms with Gasteiger partial charge in [-0.15, -0.1) is 0 Å². The summed E-state index contributed by atoms with van der Waals surface area (Å²) in [6, 6.07) is 0. The van der Waals surface area contributed by atoms with Gasteiger partial charge in [-0.2, -0.15) is 0 Å². The molecule has 1 heterocycles. The lowest BCUT2D eigenvalue weighted by Crippen LogP contribution is -2.37. The van der Waals surface area contributed by atoms with Crippen LogP contribution in [-0.2, 0) is 37.4 Å². The molecular formula is C44H79NO9P+. The fraction of sp³-hybridized carbons (Fsp3) is 0.773. The Morgan fingerprint density at radius 1 is 0.655 bits per heavy atom. The van der Waals surface area contributed by atoms with Crippen LogP contribution in [0.15, 0.2) is 48.6 Å². The molecule has 3 unspecified atom stereocenters. The average molecular weight is 797 g/mol. The Bertz CT molecular complexity index is 1150. The first-order chi connectivity index (χ1) is 26.5. The van der Waals surface area contributed by atoms with Gasteiger partial charge in [-0.05, 0) is 77.0 Å². The van der Waals surface area contributed by atoms with E-state index in [1.54, 1.807) is 0 Å². The lowest BCUT2D eigenvalue weighted by Gasteiger charge is -2.24. The summed E-state index contributed by atoms with van der Waals surface area (Å²) in [7, 11) is 1.42. The first-order valence-corrected chi connectivity index (χ1v) is 23.0. The van der Waals surface area contributed by atoms with Crippen molar-refractivity contribution in [3.05, 3.63) is 48.6 Å². The van der Waals surface area contributed by atoms with Crippen LogP contribution in [0.5, 0.6) is 0 Å². The summed E-state index contributed by atoms with van der Waals surface area (Å²) in [6.45, 7) is 4.27. The molecule has 0 radical (unpaired) electrons. The van der Waals surface area contributed by atoms with E-state index in [1.165, 1.54) is 51.4 Å². The number of epoxide rings is 1. The van der Waals surface area contributed by atoms with E-state index in [4.69, 9.17) is 23.3 Å². The fourth-order valence-corrected chi connectivity index (χ4v) is 6.43. The van der Waals surface area contributed by atoms with Gasteiger partial charge in [-0.1, -0.05) is 114 Å². The number of allylic oxidation sites excluding steroid dienone is 6. The van der Waals surface area contributed by atoms with Crippen LogP contribution in [-0.4, -0.2) is 87.1 Å². The van der Waals surface area contributed by atoms with Crippen LogP contribution in [0.3, 0.4) is 0 Å². The molecule has 0 amide bonds. The van der Waals surface area contributed by atoms with Crippen molar-refractivity contribution in [3.63, 3.8) is 0 Å². The number of esters is 2. The molecule has 55 heavy (non-hydrogen) atoms. The van der Waals surface area contributed by atoms with Crippen LogP contribution >= 0.6 is 7.82 Å². The molecule has 318 valence electrons. The van der Waals surface area contributed by atoms with E-state index in [0.717, 1.165) is 64.2 Å². The zero-order valence-electron chi connectivity index (χ0n) is 35.3. The predicted octanol–water partition coefficient (Wildman–Crippen LogP) is 10.9. The molecular weight excluding hydrogens is 717 g/mol. The smallest absolute Gasteiger partial charge is 0.462 e. The van der Waals surface area contributed by atoms with Crippen LogP contribution in [0.1, 0.15) is 155 Å². The van der Waals surface area contributed by atoms with Gasteiger partial charge >= 0.3 is 19.8 Å². The predicted molar refractivity (Wildman–Crippen MR) is 224 cm³/mol. The number of carbonyl (C=O) groups is 2. The van der Waals surface area contributed by atoms with Gasteiger partial charge in [0, 0.05) is 12.8 Å². The number of phosphoric acid groups is 1. The zero-order valence-corrected chi connectivity index (χ0v) is 36.2. The third-order valence-corrected chi connectivity index (χ3v) is 10.2. The maximum Gasteiger partial charge on any atom is 0.472 e. The van der Waals surface area contributed by atoms with Crippen molar-refractivity contribution in [1.29, 1.82) is 0 Å². The number of ether oxygens (including phenoxy) is 3. The van der Waals surface area contributed by atoms with Gasteiger partial charge in [0.05, 0.1) is 40.0 Å². The molecule has 1 fully saturated rings. The SMILES string of the molecule is CCCCC/C=C\CC1OC1C/C=C\C/C=C\CCCC(=O)O[C@H](COC(=O)CCCCCCC/C=C\CCCCCC)COP(=O)(O)OCC[N+](C)(C)C. The number of nitrogens with zero attached hydrogens (tertiary/aromatic N) is 1. The van der Waals surface area contributed by atoms with E-state index in [2.05, 4.69) is 56.4 Å². The second-order valence-corrected chi connectivity index (χ2v) is 17.2. The number of likely N-dealkylation sites (N-methyl/N-ethyl adjacent to an activating group) is 1. The number of rotatable bonds is 37. The highest BCUT2D eigenvalue weighted by atomic mass is 31.2. The van der Waals surface area contributed by atoms with Gasteiger partial charge in [0.25, 0.3) is 0 Å². The van der Waals surface area contributed by atoms with Crippen molar-refractivity contribution in [2.75, 3.05) is 47.5 Å². The molecule has 1 N–H and O–H groups in total. The van der Waals surface area contributed by atoms with E-state index in [0.29, 0.717) is 36.1 Å². The molecule has 11 heteroatoms. The summed E-state index contributed by atoms with van der Waals surface area (Å²) in [6.07, 6.45) is 39.1. The van der Waals surface area contributed by atoms with Gasteiger partial charge in [0.2, 0.25) is 0 Å². The largest absolute Gasteiger partial charge is 0.472 e. The highest BCUT2D eigenvalue weighted by Gasteiger charge is 2.36. The number of phosphoric ester groups is 1. The molecule has 0 saturated carbocycles. The molecule has 0 aromatic carbocycles. The van der Waals surface area contributed by atoms with Crippen LogP contribution in [0.4, 0.5) is 0 Å². The Balaban J connectivity index is 2.35. The normalized spacial score (nSPS) is 17.8. The zero-order chi connectivity index (χ0) is 40.5. The van der Waals surface area contributed by atoms with E-state index in [-0.39, 0.29) is 26.1 Å². The summed E-state index contributed by atoms with van der Waals surface area (Å²) in [5.41, 5.74) is 0. The van der Waals surface area contributed by atoms with Gasteiger partial charge in [-0.3, -0.25) is 18.6 Å². The van der Waals surface area contributed by atoms with E-state index in [9.17, 15) is 19.0 Å². The Hall–Kier alpha value is -2.07. The number of unbranched alkanes of at least 4 members (excludes halogenated alkanes) is 13. The maximum absolute atomic E-state index is 12.7. The standard InChI is InChI=1S/C44H78NO9P/c1-6-8-10-12-14-15-16-17-18-19-22-26-30-34-43(46)50-38-40(39-52-55(48,49)51-37-36-45(3,4)5)53-44(47)35-31-27-23-20-21-25-29-33-42-41(54-42)32-28-24-13-11-9-7-2/h15-16,20,23-25,28-29,40-42H,6-14,17-19,21-22,26-27,30-39H2,1-5H3/p+1/b16-15-,23-20-,28-24-,29-25-/t40-,41?,42?/m1/s1. The minimum Gasteiger partial charge on any atom is -0.462 e. The summed E-state index contributed by atoms with van der Waals surface area (Å²) < 4.78 is 40.0. The molecule has 1 aliphatic heterocycles. The van der Waals surface area contributed by atoms with Gasteiger partial charge < -0.3 is 23.6 Å². The Morgan fingerprint density at radius 2 is 1.16 bits per heavy atom. The molecule has 4 atom stereocenters. The third kappa shape index (κ3) is 33.8. The summed E-state index contributed by atoms with van der Waals surface area (Å²) in [5, 5.41) is 0. The topological polar surface area (TPSA) is 121 Å². The van der Waals surface area contributed by atoms with Crippen molar-refractivity contribution in [1.82, 2.24) is 0 Å². The summed E-state index contributed by atoms with van der Waals surface area (Å²) in [5.74, 6) is -0.884. The molecule has 0 aliphatic carbocycles. The molecule has 1 saturated heterocycles. The van der Waals surface area contributed by atoms with Crippen LogP contribution in [0.25, 0.3) is 0 Å². The summed E-state index contributed by atoms with van der Waals surface area (Å²) in [4.78, 5) is 35.3. The second-order valence-electron chi connectivity index (χ2n) is 15.8. The maximum atomic E-state index is 12.7. The lowest BCUT2D eigenvalue weighted by atomic mass is 10.1.